The molecule has 2 amide bonds. The second-order valence-electron chi connectivity index (χ2n) is 12.8. The van der Waals surface area contributed by atoms with E-state index in [1.54, 1.807) is 7.11 Å². The topological polar surface area (TPSA) is 65.1 Å². The van der Waals surface area contributed by atoms with Crippen LogP contribution in [0.1, 0.15) is 65.9 Å². The Morgan fingerprint density at radius 2 is 1.39 bits per heavy atom. The van der Waals surface area contributed by atoms with Gasteiger partial charge in [-0.1, -0.05) is 93.6 Å². The molecule has 0 N–H and O–H groups in total. The first-order chi connectivity index (χ1) is 19.4. The molecular weight excluding hydrogens is 530 g/mol. The van der Waals surface area contributed by atoms with Gasteiger partial charge in [-0.05, 0) is 66.2 Å². The summed E-state index contributed by atoms with van der Waals surface area (Å²) in [5.74, 6) is 0.458. The van der Waals surface area contributed by atoms with Crippen LogP contribution in [0.5, 0.6) is 5.75 Å². The normalized spacial score (nSPS) is 18.2. The fourth-order valence-electron chi connectivity index (χ4n) is 5.85. The molecule has 2 atom stereocenters. The molecule has 218 valence electrons. The van der Waals surface area contributed by atoms with Gasteiger partial charge in [0.05, 0.1) is 19.8 Å². The van der Waals surface area contributed by atoms with Crippen molar-refractivity contribution in [3.05, 3.63) is 90.5 Å². The third-order valence-electron chi connectivity index (χ3n) is 7.70. The Kier molecular flexibility index (Phi) is 9.09. The van der Waals surface area contributed by atoms with Gasteiger partial charge in [0, 0.05) is 6.42 Å². The molecular formula is C34H43NO5Si. The lowest BCUT2D eigenvalue weighted by molar-refractivity contribution is -0.136. The Hall–Kier alpha value is -3.42. The number of nitrogens with zero attached hydrogens (tertiary/aromatic N) is 1. The van der Waals surface area contributed by atoms with Gasteiger partial charge in [0.2, 0.25) is 5.91 Å². The Morgan fingerprint density at radius 3 is 1.85 bits per heavy atom. The number of amides is 2. The third kappa shape index (κ3) is 6.74. The standard InChI is InChI=1S/C34H43NO5Si/c1-33(2,3)40-32(37)35-27(22-26(23-31(35)36)25-18-20-28(38-7)21-19-25)24-39-41(34(4,5)6,29-14-10-8-11-15-29)30-16-12-9-13-17-30/h8-21,26-27H,22-24H2,1-7H3/t26-,27+/m1/s1. The van der Waals surface area contributed by atoms with Gasteiger partial charge in [-0.3, -0.25) is 4.79 Å². The van der Waals surface area contributed by atoms with Gasteiger partial charge in [-0.2, -0.15) is 0 Å². The lowest BCUT2D eigenvalue weighted by atomic mass is 9.85. The van der Waals surface area contributed by atoms with E-state index in [0.717, 1.165) is 21.7 Å². The molecule has 1 aliphatic heterocycles. The summed E-state index contributed by atoms with van der Waals surface area (Å²) in [6.45, 7) is 12.3. The van der Waals surface area contributed by atoms with Crippen molar-refractivity contribution >= 4 is 30.7 Å². The summed E-state index contributed by atoms with van der Waals surface area (Å²) in [6, 6.07) is 28.1. The molecule has 3 aromatic carbocycles. The van der Waals surface area contributed by atoms with E-state index in [0.29, 0.717) is 6.42 Å². The van der Waals surface area contributed by atoms with Crippen molar-refractivity contribution in [3.63, 3.8) is 0 Å². The highest BCUT2D eigenvalue weighted by Crippen LogP contribution is 2.39. The number of imide groups is 1. The van der Waals surface area contributed by atoms with Crippen LogP contribution in [-0.2, 0) is 14.0 Å². The van der Waals surface area contributed by atoms with Gasteiger partial charge < -0.3 is 13.9 Å². The number of methoxy groups -OCH3 is 1. The van der Waals surface area contributed by atoms with Crippen molar-refractivity contribution in [2.75, 3.05) is 13.7 Å². The molecule has 4 rings (SSSR count). The SMILES string of the molecule is COc1ccc([C@H]2CC(=O)N(C(=O)OC(C)(C)C)[C@H](CO[Si](c3ccccc3)(c3ccccc3)C(C)(C)C)C2)cc1. The van der Waals surface area contributed by atoms with Gasteiger partial charge in [0.25, 0.3) is 8.32 Å². The largest absolute Gasteiger partial charge is 0.497 e. The van der Waals surface area contributed by atoms with E-state index in [-0.39, 0.29) is 29.9 Å². The highest BCUT2D eigenvalue weighted by atomic mass is 28.4. The highest BCUT2D eigenvalue weighted by Gasteiger charge is 2.51. The molecule has 1 fully saturated rings. The monoisotopic (exact) mass is 573 g/mol. The van der Waals surface area contributed by atoms with Crippen molar-refractivity contribution in [3.8, 4) is 5.75 Å². The maximum atomic E-state index is 13.7. The fourth-order valence-corrected chi connectivity index (χ4v) is 10.4. The predicted molar refractivity (Wildman–Crippen MR) is 165 cm³/mol. The molecule has 0 aromatic heterocycles. The number of piperidine rings is 1. The Bertz CT molecular complexity index is 1270. The first-order valence-corrected chi connectivity index (χ1v) is 16.2. The zero-order valence-corrected chi connectivity index (χ0v) is 26.3. The number of carbonyl (C=O) groups is 2. The van der Waals surface area contributed by atoms with Crippen LogP contribution in [0.25, 0.3) is 0 Å². The van der Waals surface area contributed by atoms with E-state index in [9.17, 15) is 9.59 Å². The maximum absolute atomic E-state index is 13.7. The number of hydrogen-bond donors (Lipinski definition) is 0. The molecule has 1 saturated heterocycles. The maximum Gasteiger partial charge on any atom is 0.417 e. The first kappa shape index (κ1) is 30.5. The van der Waals surface area contributed by atoms with E-state index < -0.39 is 26.1 Å². The van der Waals surface area contributed by atoms with Crippen LogP contribution in [0.2, 0.25) is 5.04 Å². The number of rotatable bonds is 7. The van der Waals surface area contributed by atoms with Gasteiger partial charge in [-0.25, -0.2) is 9.69 Å². The molecule has 0 saturated carbocycles. The summed E-state index contributed by atoms with van der Waals surface area (Å²) in [6.07, 6.45) is 0.184. The number of carbonyl (C=O) groups excluding carboxylic acids is 2. The lowest BCUT2D eigenvalue weighted by Gasteiger charge is -2.45. The Morgan fingerprint density at radius 1 is 0.854 bits per heavy atom. The molecule has 6 nitrogen and oxygen atoms in total. The average molecular weight is 574 g/mol. The minimum absolute atomic E-state index is 0.0557. The van der Waals surface area contributed by atoms with Crippen LogP contribution in [0, 0.1) is 0 Å². The van der Waals surface area contributed by atoms with Gasteiger partial charge in [-0.15, -0.1) is 0 Å². The average Bonchev–Trinajstić information content (AvgIpc) is 2.92. The molecule has 1 aliphatic rings. The minimum atomic E-state index is -2.89. The van der Waals surface area contributed by atoms with Crippen molar-refractivity contribution in [2.45, 2.75) is 77.0 Å². The van der Waals surface area contributed by atoms with E-state index >= 15 is 0 Å². The third-order valence-corrected chi connectivity index (χ3v) is 12.7. The first-order valence-electron chi connectivity index (χ1n) is 14.3. The zero-order chi connectivity index (χ0) is 29.8. The Balaban J connectivity index is 1.75. The highest BCUT2D eigenvalue weighted by molar-refractivity contribution is 6.99. The second kappa shape index (κ2) is 12.2. The summed E-state index contributed by atoms with van der Waals surface area (Å²) in [4.78, 5) is 28.4. The zero-order valence-electron chi connectivity index (χ0n) is 25.3. The van der Waals surface area contributed by atoms with Crippen LogP contribution in [0.4, 0.5) is 4.79 Å². The van der Waals surface area contributed by atoms with Crippen LogP contribution in [0.15, 0.2) is 84.9 Å². The molecule has 7 heteroatoms. The van der Waals surface area contributed by atoms with Crippen molar-refractivity contribution in [1.29, 1.82) is 0 Å². The summed E-state index contributed by atoms with van der Waals surface area (Å²) in [5, 5.41) is 2.06. The number of ether oxygens (including phenoxy) is 2. The van der Waals surface area contributed by atoms with Crippen molar-refractivity contribution in [2.24, 2.45) is 0 Å². The predicted octanol–water partition coefficient (Wildman–Crippen LogP) is 6.28. The molecule has 1 heterocycles. The summed E-state index contributed by atoms with van der Waals surface area (Å²) < 4.78 is 18.3. The van der Waals surface area contributed by atoms with E-state index in [1.807, 2.05) is 81.4 Å². The van der Waals surface area contributed by atoms with Crippen LogP contribution in [0.3, 0.4) is 0 Å². The van der Waals surface area contributed by atoms with Crippen LogP contribution < -0.4 is 15.1 Å². The second-order valence-corrected chi connectivity index (χ2v) is 17.1. The minimum Gasteiger partial charge on any atom is -0.497 e. The molecule has 0 bridgehead atoms. The van der Waals surface area contributed by atoms with Crippen LogP contribution >= 0.6 is 0 Å². The number of likely N-dealkylation sites (tertiary alicyclic amines) is 1. The van der Waals surface area contributed by atoms with Crippen molar-refractivity contribution in [1.82, 2.24) is 4.90 Å². The van der Waals surface area contributed by atoms with Gasteiger partial charge in [0.1, 0.15) is 11.4 Å². The molecule has 41 heavy (non-hydrogen) atoms. The molecule has 3 aromatic rings. The van der Waals surface area contributed by atoms with E-state index in [4.69, 9.17) is 13.9 Å². The molecule has 0 spiro atoms. The van der Waals surface area contributed by atoms with Gasteiger partial charge >= 0.3 is 6.09 Å². The summed E-state index contributed by atoms with van der Waals surface area (Å²) in [7, 11) is -1.25. The quantitative estimate of drug-likeness (QED) is 0.311. The lowest BCUT2D eigenvalue weighted by Crippen LogP contribution is -2.67. The van der Waals surface area contributed by atoms with Crippen LogP contribution in [-0.4, -0.2) is 50.6 Å². The molecule has 0 radical (unpaired) electrons. The van der Waals surface area contributed by atoms with E-state index in [1.165, 1.54) is 4.90 Å². The smallest absolute Gasteiger partial charge is 0.417 e. The summed E-state index contributed by atoms with van der Waals surface area (Å²) >= 11 is 0. The molecule has 0 unspecified atom stereocenters. The van der Waals surface area contributed by atoms with Crippen molar-refractivity contribution < 1.29 is 23.5 Å². The number of hydrogen-bond acceptors (Lipinski definition) is 5. The Labute approximate surface area is 245 Å². The fraction of sp³-hybridized carbons (Fsp3) is 0.412. The summed E-state index contributed by atoms with van der Waals surface area (Å²) in [5.41, 5.74) is 0.312. The van der Waals surface area contributed by atoms with E-state index in [2.05, 4.69) is 45.0 Å². The molecule has 0 aliphatic carbocycles. The number of benzene rings is 3. The van der Waals surface area contributed by atoms with Gasteiger partial charge in [0.15, 0.2) is 0 Å².